The largest absolute Gasteiger partial charge is 0.353 e. The summed E-state index contributed by atoms with van der Waals surface area (Å²) in [4.78, 5) is 23.9. The minimum Gasteiger partial charge on any atom is -0.353 e. The minimum absolute atomic E-state index is 0.0239. The third kappa shape index (κ3) is 5.45. The van der Waals surface area contributed by atoms with Crippen molar-refractivity contribution >= 4 is 11.8 Å². The molecule has 0 aliphatic carbocycles. The van der Waals surface area contributed by atoms with Gasteiger partial charge in [0.25, 0.3) is 0 Å². The van der Waals surface area contributed by atoms with Crippen molar-refractivity contribution in [2.24, 2.45) is 5.92 Å². The molecular formula is C21H26N2O2. The van der Waals surface area contributed by atoms with Gasteiger partial charge < -0.3 is 10.6 Å². The van der Waals surface area contributed by atoms with Gasteiger partial charge in [-0.15, -0.1) is 0 Å². The van der Waals surface area contributed by atoms with Gasteiger partial charge in [-0.25, -0.2) is 0 Å². The molecule has 2 amide bonds. The zero-order valence-corrected chi connectivity index (χ0v) is 15.0. The molecule has 25 heavy (non-hydrogen) atoms. The lowest BCUT2D eigenvalue weighted by Crippen LogP contribution is -2.49. The van der Waals surface area contributed by atoms with Crippen molar-refractivity contribution in [3.8, 4) is 0 Å². The molecule has 4 heteroatoms. The maximum Gasteiger partial charge on any atom is 0.242 e. The second kappa shape index (κ2) is 9.02. The third-order valence-corrected chi connectivity index (χ3v) is 4.19. The normalized spacial score (nSPS) is 12.0. The second-order valence-electron chi connectivity index (χ2n) is 6.54. The molecule has 132 valence electrons. The van der Waals surface area contributed by atoms with Crippen LogP contribution < -0.4 is 10.6 Å². The molecule has 0 spiro atoms. The zero-order chi connectivity index (χ0) is 18.2. The summed E-state index contributed by atoms with van der Waals surface area (Å²) in [6.07, 6.45) is 0. The van der Waals surface area contributed by atoms with Crippen molar-refractivity contribution in [1.82, 2.24) is 10.6 Å². The van der Waals surface area contributed by atoms with Gasteiger partial charge in [-0.1, -0.05) is 74.5 Å². The summed E-state index contributed by atoms with van der Waals surface area (Å²) >= 11 is 0. The summed E-state index contributed by atoms with van der Waals surface area (Å²) in [5.41, 5.74) is 2.30. The van der Waals surface area contributed by atoms with Crippen LogP contribution in [0, 0.1) is 5.92 Å². The average Bonchev–Trinajstić information content (AvgIpc) is 2.61. The van der Waals surface area contributed by atoms with E-state index in [4.69, 9.17) is 0 Å². The topological polar surface area (TPSA) is 58.2 Å². The predicted octanol–water partition coefficient (Wildman–Crippen LogP) is 3.10. The van der Waals surface area contributed by atoms with Crippen LogP contribution in [-0.4, -0.2) is 24.4 Å². The lowest BCUT2D eigenvalue weighted by molar-refractivity contribution is -0.129. The van der Waals surface area contributed by atoms with Crippen LogP contribution in [0.5, 0.6) is 0 Å². The molecule has 2 aromatic rings. The summed E-state index contributed by atoms with van der Waals surface area (Å²) in [6, 6.07) is 19.7. The molecule has 0 saturated carbocycles. The first kappa shape index (κ1) is 18.7. The van der Waals surface area contributed by atoms with Gasteiger partial charge in [0.05, 0.1) is 0 Å². The number of carbonyl (C=O) groups excluding carboxylic acids is 2. The Morgan fingerprint density at radius 3 is 1.76 bits per heavy atom. The number of benzene rings is 2. The number of rotatable bonds is 7. The summed E-state index contributed by atoms with van der Waals surface area (Å²) in [5, 5.41) is 5.74. The van der Waals surface area contributed by atoms with Crippen LogP contribution in [0.3, 0.4) is 0 Å². The molecule has 0 aliphatic rings. The quantitative estimate of drug-likeness (QED) is 0.815. The summed E-state index contributed by atoms with van der Waals surface area (Å²) in [6.45, 7) is 5.76. The lowest BCUT2D eigenvalue weighted by Gasteiger charge is -2.24. The summed E-state index contributed by atoms with van der Waals surface area (Å²) in [7, 11) is 0. The summed E-state index contributed by atoms with van der Waals surface area (Å²) in [5.74, 6) is -0.258. The first-order chi connectivity index (χ1) is 12.0. The Morgan fingerprint density at radius 1 is 0.880 bits per heavy atom. The van der Waals surface area contributed by atoms with Crippen molar-refractivity contribution in [2.45, 2.75) is 32.7 Å². The first-order valence-electron chi connectivity index (χ1n) is 8.63. The monoisotopic (exact) mass is 338 g/mol. The molecule has 0 fully saturated rings. The standard InChI is InChI=1S/C21H26N2O2/c1-15(2)20(23-16(3)24)21(25)22-14-19(17-10-6-4-7-11-17)18-12-8-5-9-13-18/h4-13,15,19-20H,14H2,1-3H3,(H,22,25)(H,23,24). The molecule has 2 aromatic carbocycles. The molecule has 0 bridgehead atoms. The number of hydrogen-bond donors (Lipinski definition) is 2. The number of amides is 2. The number of carbonyl (C=O) groups is 2. The van der Waals surface area contributed by atoms with Crippen LogP contribution in [0.15, 0.2) is 60.7 Å². The highest BCUT2D eigenvalue weighted by molar-refractivity contribution is 5.87. The van der Waals surface area contributed by atoms with Crippen LogP contribution in [0.2, 0.25) is 0 Å². The molecule has 0 saturated heterocycles. The predicted molar refractivity (Wildman–Crippen MR) is 100 cm³/mol. The van der Waals surface area contributed by atoms with E-state index in [0.717, 1.165) is 11.1 Å². The number of nitrogens with one attached hydrogen (secondary N) is 2. The molecule has 1 atom stereocenters. The maximum atomic E-state index is 12.6. The van der Waals surface area contributed by atoms with Crippen molar-refractivity contribution in [3.63, 3.8) is 0 Å². The zero-order valence-electron chi connectivity index (χ0n) is 15.0. The van der Waals surface area contributed by atoms with Crippen molar-refractivity contribution in [2.75, 3.05) is 6.54 Å². The Balaban J connectivity index is 2.15. The van der Waals surface area contributed by atoms with E-state index >= 15 is 0 Å². The van der Waals surface area contributed by atoms with E-state index < -0.39 is 6.04 Å². The van der Waals surface area contributed by atoms with Gasteiger partial charge in [0, 0.05) is 19.4 Å². The van der Waals surface area contributed by atoms with Crippen molar-refractivity contribution in [1.29, 1.82) is 0 Å². The average molecular weight is 338 g/mol. The highest BCUT2D eigenvalue weighted by Gasteiger charge is 2.24. The van der Waals surface area contributed by atoms with Crippen molar-refractivity contribution in [3.05, 3.63) is 71.8 Å². The Bertz CT molecular complexity index is 644. The Labute approximate surface area is 149 Å². The van der Waals surface area contributed by atoms with Gasteiger partial charge in [-0.2, -0.15) is 0 Å². The van der Waals surface area contributed by atoms with Crippen LogP contribution >= 0.6 is 0 Å². The van der Waals surface area contributed by atoms with E-state index in [1.54, 1.807) is 0 Å². The van der Waals surface area contributed by atoms with Gasteiger partial charge in [0.2, 0.25) is 11.8 Å². The van der Waals surface area contributed by atoms with Crippen molar-refractivity contribution < 1.29 is 9.59 Å². The van der Waals surface area contributed by atoms with E-state index in [9.17, 15) is 9.59 Å². The van der Waals surface area contributed by atoms with E-state index in [-0.39, 0.29) is 23.7 Å². The SMILES string of the molecule is CC(=O)NC(C(=O)NCC(c1ccccc1)c1ccccc1)C(C)C. The fraction of sp³-hybridized carbons (Fsp3) is 0.333. The summed E-state index contributed by atoms with van der Waals surface area (Å²) < 4.78 is 0. The van der Waals surface area contributed by atoms with E-state index in [0.29, 0.717) is 6.54 Å². The van der Waals surface area contributed by atoms with Crippen LogP contribution in [-0.2, 0) is 9.59 Å². The Hall–Kier alpha value is -2.62. The second-order valence-corrected chi connectivity index (χ2v) is 6.54. The molecule has 0 aliphatic heterocycles. The first-order valence-corrected chi connectivity index (χ1v) is 8.63. The van der Waals surface area contributed by atoms with Gasteiger partial charge in [0.1, 0.15) is 6.04 Å². The molecule has 1 unspecified atom stereocenters. The third-order valence-electron chi connectivity index (χ3n) is 4.19. The van der Waals surface area contributed by atoms with E-state index in [1.165, 1.54) is 6.92 Å². The van der Waals surface area contributed by atoms with Gasteiger partial charge in [0.15, 0.2) is 0 Å². The van der Waals surface area contributed by atoms with Crippen LogP contribution in [0.1, 0.15) is 37.8 Å². The Morgan fingerprint density at radius 2 is 1.36 bits per heavy atom. The van der Waals surface area contributed by atoms with Crippen LogP contribution in [0.4, 0.5) is 0 Å². The minimum atomic E-state index is -0.523. The maximum absolute atomic E-state index is 12.6. The fourth-order valence-electron chi connectivity index (χ4n) is 2.87. The Kier molecular flexibility index (Phi) is 6.75. The highest BCUT2D eigenvalue weighted by atomic mass is 16.2. The lowest BCUT2D eigenvalue weighted by atomic mass is 9.91. The molecule has 2 N–H and O–H groups in total. The molecule has 0 heterocycles. The van der Waals surface area contributed by atoms with Gasteiger partial charge >= 0.3 is 0 Å². The highest BCUT2D eigenvalue weighted by Crippen LogP contribution is 2.23. The van der Waals surface area contributed by atoms with Gasteiger partial charge in [-0.05, 0) is 17.0 Å². The number of hydrogen-bond acceptors (Lipinski definition) is 2. The smallest absolute Gasteiger partial charge is 0.242 e. The van der Waals surface area contributed by atoms with Crippen LogP contribution in [0.25, 0.3) is 0 Å². The van der Waals surface area contributed by atoms with E-state index in [2.05, 4.69) is 34.9 Å². The molecular weight excluding hydrogens is 312 g/mol. The molecule has 0 aromatic heterocycles. The van der Waals surface area contributed by atoms with Gasteiger partial charge in [-0.3, -0.25) is 9.59 Å². The fourth-order valence-corrected chi connectivity index (χ4v) is 2.87. The molecule has 2 rings (SSSR count). The molecule has 4 nitrogen and oxygen atoms in total. The molecule has 0 radical (unpaired) electrons. The van der Waals surface area contributed by atoms with E-state index in [1.807, 2.05) is 50.2 Å².